The van der Waals surface area contributed by atoms with Gasteiger partial charge in [-0.05, 0) is 6.42 Å². The van der Waals surface area contributed by atoms with Gasteiger partial charge in [-0.15, -0.1) is 0 Å². The lowest BCUT2D eigenvalue weighted by atomic mass is 9.77. The minimum absolute atomic E-state index is 0.468. The Labute approximate surface area is 81.3 Å². The fourth-order valence-corrected chi connectivity index (χ4v) is 1.64. The highest BCUT2D eigenvalue weighted by atomic mass is 16.2. The number of imide groups is 1. The lowest BCUT2D eigenvalue weighted by molar-refractivity contribution is -0.139. The molecule has 0 aromatic rings. The number of hydrogen-bond acceptors (Lipinski definition) is 4. The molecule has 5 heteroatoms. The van der Waals surface area contributed by atoms with Crippen LogP contribution in [0, 0.1) is 40.4 Å². The fraction of sp³-hybridized carbons (Fsp3) is 0.556. The molecule has 14 heavy (non-hydrogen) atoms. The van der Waals surface area contributed by atoms with Crippen molar-refractivity contribution in [2.24, 2.45) is 17.8 Å². The molecule has 2 amide bonds. The Kier molecular flexibility index (Phi) is 2.83. The molecule has 0 bridgehead atoms. The van der Waals surface area contributed by atoms with Crippen molar-refractivity contribution in [3.05, 3.63) is 0 Å². The standard InChI is InChI=1S/C9H9N3O2/c1-2-5-6(3-10)8(13)12-9(14)7(5)4-11/h5-7H,2H2,1H3,(H,12,13,14). The van der Waals surface area contributed by atoms with Crippen LogP contribution in [0.2, 0.25) is 0 Å². The Morgan fingerprint density at radius 3 is 1.93 bits per heavy atom. The van der Waals surface area contributed by atoms with E-state index in [4.69, 9.17) is 10.5 Å². The number of rotatable bonds is 1. The zero-order chi connectivity index (χ0) is 10.7. The Morgan fingerprint density at radius 1 is 1.21 bits per heavy atom. The molecule has 2 unspecified atom stereocenters. The number of amides is 2. The average molecular weight is 191 g/mol. The Bertz CT molecular complexity index is 318. The molecule has 0 radical (unpaired) electrons. The summed E-state index contributed by atoms with van der Waals surface area (Å²) >= 11 is 0. The summed E-state index contributed by atoms with van der Waals surface area (Å²) in [6.07, 6.45) is 0.468. The first-order valence-corrected chi connectivity index (χ1v) is 4.29. The molecule has 2 atom stereocenters. The normalized spacial score (nSPS) is 31.5. The predicted molar refractivity (Wildman–Crippen MR) is 45.1 cm³/mol. The summed E-state index contributed by atoms with van der Waals surface area (Å²) in [6.45, 7) is 1.76. The number of nitriles is 2. The minimum Gasteiger partial charge on any atom is -0.294 e. The van der Waals surface area contributed by atoms with Crippen LogP contribution in [0.5, 0.6) is 0 Å². The van der Waals surface area contributed by atoms with Gasteiger partial charge >= 0.3 is 0 Å². The first kappa shape index (κ1) is 10.2. The molecule has 1 aliphatic rings. The molecule has 1 aliphatic heterocycles. The summed E-state index contributed by atoms with van der Waals surface area (Å²) in [5, 5.41) is 19.5. The molecular formula is C9H9N3O2. The van der Waals surface area contributed by atoms with Gasteiger partial charge in [-0.1, -0.05) is 6.92 Å². The van der Waals surface area contributed by atoms with Gasteiger partial charge in [0.1, 0.15) is 11.8 Å². The first-order chi connectivity index (χ1) is 6.65. The first-order valence-electron chi connectivity index (χ1n) is 4.29. The number of piperidine rings is 1. The van der Waals surface area contributed by atoms with Gasteiger partial charge in [-0.2, -0.15) is 10.5 Å². The largest absolute Gasteiger partial charge is 0.294 e. The third kappa shape index (κ3) is 1.45. The number of nitrogens with zero attached hydrogens (tertiary/aromatic N) is 2. The van der Waals surface area contributed by atoms with Gasteiger partial charge in [-0.3, -0.25) is 14.9 Å². The van der Waals surface area contributed by atoms with Crippen LogP contribution in [0.1, 0.15) is 13.3 Å². The van der Waals surface area contributed by atoms with Crippen LogP contribution < -0.4 is 5.32 Å². The number of carbonyl (C=O) groups is 2. The molecule has 72 valence electrons. The van der Waals surface area contributed by atoms with E-state index in [0.717, 1.165) is 0 Å². The topological polar surface area (TPSA) is 93.8 Å². The van der Waals surface area contributed by atoms with Crippen molar-refractivity contribution < 1.29 is 9.59 Å². The Hall–Kier alpha value is -1.88. The smallest absolute Gasteiger partial charge is 0.244 e. The average Bonchev–Trinajstić information content (AvgIpc) is 2.16. The molecule has 0 aromatic heterocycles. The van der Waals surface area contributed by atoms with Crippen LogP contribution in [-0.4, -0.2) is 11.8 Å². The molecule has 0 aromatic carbocycles. The zero-order valence-corrected chi connectivity index (χ0v) is 7.65. The maximum absolute atomic E-state index is 11.2. The number of hydrogen-bond donors (Lipinski definition) is 1. The third-order valence-electron chi connectivity index (χ3n) is 2.42. The molecular weight excluding hydrogens is 182 g/mol. The maximum Gasteiger partial charge on any atom is 0.244 e. The van der Waals surface area contributed by atoms with Crippen molar-refractivity contribution in [3.8, 4) is 12.1 Å². The summed E-state index contributed by atoms with van der Waals surface area (Å²) in [5.41, 5.74) is 0. The monoisotopic (exact) mass is 191 g/mol. The quantitative estimate of drug-likeness (QED) is 0.588. The summed E-state index contributed by atoms with van der Waals surface area (Å²) in [4.78, 5) is 22.4. The van der Waals surface area contributed by atoms with Gasteiger partial charge in [0.05, 0.1) is 12.1 Å². The summed E-state index contributed by atoms with van der Waals surface area (Å²) in [6, 6.07) is 3.65. The molecule has 1 rings (SSSR count). The lowest BCUT2D eigenvalue weighted by Gasteiger charge is -2.28. The van der Waals surface area contributed by atoms with Gasteiger partial charge in [0.15, 0.2) is 0 Å². The molecule has 5 nitrogen and oxygen atoms in total. The van der Waals surface area contributed by atoms with Gasteiger partial charge in [-0.25, -0.2) is 0 Å². The van der Waals surface area contributed by atoms with Crippen molar-refractivity contribution >= 4 is 11.8 Å². The van der Waals surface area contributed by atoms with Crippen molar-refractivity contribution in [2.75, 3.05) is 0 Å². The summed E-state index contributed by atoms with van der Waals surface area (Å²) < 4.78 is 0. The highest BCUT2D eigenvalue weighted by molar-refractivity contribution is 6.02. The maximum atomic E-state index is 11.2. The Morgan fingerprint density at radius 2 is 1.64 bits per heavy atom. The van der Waals surface area contributed by atoms with Crippen molar-refractivity contribution in [2.45, 2.75) is 13.3 Å². The predicted octanol–water partition coefficient (Wildman–Crippen LogP) is -0.0514. The van der Waals surface area contributed by atoms with Crippen molar-refractivity contribution in [3.63, 3.8) is 0 Å². The second-order valence-corrected chi connectivity index (χ2v) is 3.14. The van der Waals surface area contributed by atoms with E-state index >= 15 is 0 Å². The van der Waals surface area contributed by atoms with Crippen LogP contribution in [0.3, 0.4) is 0 Å². The van der Waals surface area contributed by atoms with E-state index in [1.807, 2.05) is 17.5 Å². The van der Waals surface area contributed by atoms with Crippen LogP contribution in [-0.2, 0) is 9.59 Å². The highest BCUT2D eigenvalue weighted by Crippen LogP contribution is 2.28. The van der Waals surface area contributed by atoms with Gasteiger partial charge in [0.25, 0.3) is 0 Å². The van der Waals surface area contributed by atoms with E-state index < -0.39 is 29.6 Å². The molecule has 0 spiro atoms. The van der Waals surface area contributed by atoms with E-state index in [1.54, 1.807) is 6.92 Å². The molecule has 0 saturated carbocycles. The van der Waals surface area contributed by atoms with E-state index in [1.165, 1.54) is 0 Å². The molecule has 1 N–H and O–H groups in total. The van der Waals surface area contributed by atoms with Crippen LogP contribution in [0.25, 0.3) is 0 Å². The molecule has 1 fully saturated rings. The zero-order valence-electron chi connectivity index (χ0n) is 7.65. The Balaban J connectivity index is 3.02. The van der Waals surface area contributed by atoms with Gasteiger partial charge in [0.2, 0.25) is 11.8 Å². The van der Waals surface area contributed by atoms with Crippen LogP contribution >= 0.6 is 0 Å². The number of carbonyl (C=O) groups excluding carboxylic acids is 2. The number of nitrogens with one attached hydrogen (secondary N) is 1. The van der Waals surface area contributed by atoms with Crippen molar-refractivity contribution in [1.82, 2.24) is 5.32 Å². The molecule has 1 saturated heterocycles. The van der Waals surface area contributed by atoms with E-state index in [-0.39, 0.29) is 0 Å². The second-order valence-electron chi connectivity index (χ2n) is 3.14. The molecule has 1 heterocycles. The van der Waals surface area contributed by atoms with Crippen LogP contribution in [0.15, 0.2) is 0 Å². The fourth-order valence-electron chi connectivity index (χ4n) is 1.64. The van der Waals surface area contributed by atoms with Crippen molar-refractivity contribution in [1.29, 1.82) is 10.5 Å². The van der Waals surface area contributed by atoms with Gasteiger partial charge in [0, 0.05) is 5.92 Å². The minimum atomic E-state index is -0.887. The van der Waals surface area contributed by atoms with Crippen LogP contribution in [0.4, 0.5) is 0 Å². The SMILES string of the molecule is CCC1C(C#N)C(=O)NC(=O)C1C#N. The van der Waals surface area contributed by atoms with E-state index in [9.17, 15) is 9.59 Å². The third-order valence-corrected chi connectivity index (χ3v) is 2.42. The molecule has 0 aliphatic carbocycles. The summed E-state index contributed by atoms with van der Waals surface area (Å²) in [7, 11) is 0. The van der Waals surface area contributed by atoms with Gasteiger partial charge < -0.3 is 0 Å². The van der Waals surface area contributed by atoms with E-state index in [2.05, 4.69) is 0 Å². The summed E-state index contributed by atoms with van der Waals surface area (Å²) in [5.74, 6) is -3.43. The second kappa shape index (κ2) is 3.89. The lowest BCUT2D eigenvalue weighted by Crippen LogP contribution is -2.50. The highest BCUT2D eigenvalue weighted by Gasteiger charge is 2.43. The van der Waals surface area contributed by atoms with E-state index in [0.29, 0.717) is 6.42 Å².